The predicted octanol–water partition coefficient (Wildman–Crippen LogP) is 2.13. The number of β-amino-alcohol motifs (C(OH)–C–C–N with tert-alkyl or cyclic N) is 1. The van der Waals surface area contributed by atoms with Crippen molar-refractivity contribution in [1.82, 2.24) is 14.8 Å². The van der Waals surface area contributed by atoms with Gasteiger partial charge in [0.25, 0.3) is 0 Å². The number of aliphatic hydroxyl groups excluding tert-OH is 1. The van der Waals surface area contributed by atoms with E-state index in [0.29, 0.717) is 30.0 Å². The number of esters is 1. The van der Waals surface area contributed by atoms with Crippen molar-refractivity contribution < 1.29 is 14.6 Å². The van der Waals surface area contributed by atoms with Crippen molar-refractivity contribution in [1.29, 1.82) is 5.26 Å². The number of nitriles is 1. The molecule has 7 nitrogen and oxygen atoms in total. The van der Waals surface area contributed by atoms with Crippen LogP contribution in [0, 0.1) is 25.2 Å². The van der Waals surface area contributed by atoms with Gasteiger partial charge in [0.2, 0.25) is 0 Å². The summed E-state index contributed by atoms with van der Waals surface area (Å²) in [6, 6.07) is 7.86. The van der Waals surface area contributed by atoms with Gasteiger partial charge in [0.1, 0.15) is 18.8 Å². The zero-order valence-electron chi connectivity index (χ0n) is 18.1. The van der Waals surface area contributed by atoms with Crippen molar-refractivity contribution in [3.63, 3.8) is 0 Å². The van der Waals surface area contributed by atoms with Crippen molar-refractivity contribution >= 4 is 5.97 Å². The first kappa shape index (κ1) is 21.4. The minimum Gasteiger partial charge on any atom is -0.457 e. The maximum Gasteiger partial charge on any atom is 0.338 e. The molecule has 162 valence electrons. The lowest BCUT2D eigenvalue weighted by atomic mass is 9.96. The highest BCUT2D eigenvalue weighted by molar-refractivity contribution is 5.93. The average Bonchev–Trinajstić information content (AvgIpc) is 3.15. The molecule has 1 aromatic carbocycles. The number of fused-ring (bicyclic) bond motifs is 1. The molecule has 1 atom stereocenters. The van der Waals surface area contributed by atoms with Gasteiger partial charge in [0.15, 0.2) is 0 Å². The molecule has 2 aliphatic heterocycles. The lowest BCUT2D eigenvalue weighted by molar-refractivity contribution is 0.0535. The fourth-order valence-electron chi connectivity index (χ4n) is 4.36. The van der Waals surface area contributed by atoms with Crippen molar-refractivity contribution in [2.45, 2.75) is 33.0 Å². The van der Waals surface area contributed by atoms with Crippen molar-refractivity contribution in [3.8, 4) is 6.07 Å². The molecular formula is C24H28N4O3. The van der Waals surface area contributed by atoms with E-state index in [1.54, 1.807) is 6.07 Å². The van der Waals surface area contributed by atoms with E-state index in [1.165, 1.54) is 17.3 Å². The van der Waals surface area contributed by atoms with Gasteiger partial charge in [0, 0.05) is 51.0 Å². The van der Waals surface area contributed by atoms with Crippen LogP contribution in [0.4, 0.5) is 0 Å². The molecule has 1 aromatic heterocycles. The summed E-state index contributed by atoms with van der Waals surface area (Å²) in [6.45, 7) is 9.57. The molecule has 0 aliphatic carbocycles. The van der Waals surface area contributed by atoms with E-state index < -0.39 is 6.10 Å². The Bertz CT molecular complexity index is 1020. The number of carbonyl (C=O) groups is 1. The zero-order chi connectivity index (χ0) is 22.0. The van der Waals surface area contributed by atoms with Crippen LogP contribution in [0.25, 0.3) is 0 Å². The molecule has 1 fully saturated rings. The summed E-state index contributed by atoms with van der Waals surface area (Å²) >= 11 is 0. The maximum absolute atomic E-state index is 11.7. The number of aromatic nitrogens is 1. The molecule has 4 rings (SSSR count). The number of hydrogen-bond donors (Lipinski definition) is 1. The van der Waals surface area contributed by atoms with Gasteiger partial charge in [-0.2, -0.15) is 5.26 Å². The highest BCUT2D eigenvalue weighted by Crippen LogP contribution is 2.26. The Morgan fingerprint density at radius 2 is 1.97 bits per heavy atom. The Labute approximate surface area is 182 Å². The van der Waals surface area contributed by atoms with E-state index >= 15 is 0 Å². The molecule has 3 heterocycles. The number of ether oxygens (including phenoxy) is 1. The van der Waals surface area contributed by atoms with Crippen LogP contribution in [0.5, 0.6) is 0 Å². The van der Waals surface area contributed by atoms with Gasteiger partial charge in [-0.05, 0) is 49.1 Å². The summed E-state index contributed by atoms with van der Waals surface area (Å²) in [5.74, 6) is -0.214. The third-order valence-corrected chi connectivity index (χ3v) is 6.47. The van der Waals surface area contributed by atoms with E-state index in [9.17, 15) is 9.90 Å². The Kier molecular flexibility index (Phi) is 6.33. The molecule has 31 heavy (non-hydrogen) atoms. The maximum atomic E-state index is 11.7. The normalized spacial score (nSPS) is 17.8. The third kappa shape index (κ3) is 4.62. The molecule has 0 saturated carbocycles. The lowest BCUT2D eigenvalue weighted by Crippen LogP contribution is -2.48. The summed E-state index contributed by atoms with van der Waals surface area (Å²) in [5.41, 5.74) is 6.20. The predicted molar refractivity (Wildman–Crippen MR) is 116 cm³/mol. The fourth-order valence-corrected chi connectivity index (χ4v) is 4.36. The van der Waals surface area contributed by atoms with Crippen LogP contribution < -0.4 is 0 Å². The van der Waals surface area contributed by atoms with Gasteiger partial charge in [-0.15, -0.1) is 0 Å². The molecular weight excluding hydrogens is 392 g/mol. The van der Waals surface area contributed by atoms with Crippen LogP contribution in [0.3, 0.4) is 0 Å². The Morgan fingerprint density at radius 3 is 2.68 bits per heavy atom. The number of benzene rings is 1. The van der Waals surface area contributed by atoms with E-state index in [1.807, 2.05) is 13.0 Å². The second kappa shape index (κ2) is 9.15. The van der Waals surface area contributed by atoms with Crippen LogP contribution in [0.2, 0.25) is 0 Å². The number of nitrogens with zero attached hydrogens (tertiary/aromatic N) is 4. The van der Waals surface area contributed by atoms with Crippen LogP contribution in [-0.2, 0) is 17.8 Å². The van der Waals surface area contributed by atoms with E-state index in [0.717, 1.165) is 50.3 Å². The molecule has 1 saturated heterocycles. The average molecular weight is 421 g/mol. The quantitative estimate of drug-likeness (QED) is 0.716. The monoisotopic (exact) mass is 420 g/mol. The molecule has 1 unspecified atom stereocenters. The van der Waals surface area contributed by atoms with Crippen LogP contribution in [0.15, 0.2) is 24.4 Å². The highest BCUT2D eigenvalue weighted by atomic mass is 16.5. The number of pyridine rings is 1. The highest BCUT2D eigenvalue weighted by Gasteiger charge is 2.25. The van der Waals surface area contributed by atoms with Gasteiger partial charge in [0.05, 0.1) is 16.8 Å². The van der Waals surface area contributed by atoms with Crippen LogP contribution in [0.1, 0.15) is 50.0 Å². The lowest BCUT2D eigenvalue weighted by Gasteiger charge is -2.35. The summed E-state index contributed by atoms with van der Waals surface area (Å²) in [6.07, 6.45) is 1.83. The van der Waals surface area contributed by atoms with Gasteiger partial charge < -0.3 is 14.7 Å². The second-order valence-corrected chi connectivity index (χ2v) is 8.40. The van der Waals surface area contributed by atoms with Crippen molar-refractivity contribution in [2.24, 2.45) is 0 Å². The zero-order valence-corrected chi connectivity index (χ0v) is 18.1. The molecule has 7 heteroatoms. The molecule has 2 aromatic rings. The Balaban J connectivity index is 1.26. The Hall–Kier alpha value is -2.79. The third-order valence-electron chi connectivity index (χ3n) is 6.47. The molecule has 0 radical (unpaired) electrons. The van der Waals surface area contributed by atoms with Crippen LogP contribution in [-0.4, -0.2) is 65.1 Å². The Morgan fingerprint density at radius 1 is 1.23 bits per heavy atom. The first-order valence-corrected chi connectivity index (χ1v) is 10.7. The van der Waals surface area contributed by atoms with Gasteiger partial charge in [-0.25, -0.2) is 4.79 Å². The summed E-state index contributed by atoms with van der Waals surface area (Å²) in [4.78, 5) is 20.7. The number of aryl methyl sites for hydroxylation is 1. The molecule has 0 spiro atoms. The molecule has 0 bridgehead atoms. The summed E-state index contributed by atoms with van der Waals surface area (Å²) < 4.78 is 5.15. The fraction of sp³-hybridized carbons (Fsp3) is 0.458. The van der Waals surface area contributed by atoms with Gasteiger partial charge in [-0.1, -0.05) is 6.07 Å². The number of cyclic esters (lactones) is 1. The van der Waals surface area contributed by atoms with Crippen molar-refractivity contribution in [3.05, 3.63) is 63.5 Å². The minimum absolute atomic E-state index is 0.214. The number of piperazine rings is 1. The minimum atomic E-state index is -0.656. The standard InChI is InChI=1S/C24H28N4O3/c1-16-11-22(26-13-19(16)12-25)23(29)14-28-9-7-27(8-10-28)6-5-18-3-4-20-21(17(18)2)15-31-24(20)30/h3-4,11,13,23,29H,5-10,14-15H2,1-2H3. The largest absolute Gasteiger partial charge is 0.457 e. The SMILES string of the molecule is Cc1cc(C(O)CN2CCN(CCc3ccc4c(c3C)COC4=O)CC2)ncc1C#N. The smallest absolute Gasteiger partial charge is 0.338 e. The van der Waals surface area contributed by atoms with E-state index in [4.69, 9.17) is 10.00 Å². The second-order valence-electron chi connectivity index (χ2n) is 8.40. The first-order chi connectivity index (χ1) is 15.0. The number of rotatable bonds is 6. The van der Waals surface area contributed by atoms with Gasteiger partial charge >= 0.3 is 5.97 Å². The number of carbonyl (C=O) groups excluding carboxylic acids is 1. The number of aliphatic hydroxyl groups is 1. The van der Waals surface area contributed by atoms with Gasteiger partial charge in [-0.3, -0.25) is 9.88 Å². The number of hydrogen-bond acceptors (Lipinski definition) is 7. The molecule has 1 N–H and O–H groups in total. The van der Waals surface area contributed by atoms with E-state index in [2.05, 4.69) is 33.8 Å². The van der Waals surface area contributed by atoms with E-state index in [-0.39, 0.29) is 5.97 Å². The summed E-state index contributed by atoms with van der Waals surface area (Å²) in [7, 11) is 0. The topological polar surface area (TPSA) is 89.7 Å². The molecule has 2 aliphatic rings. The van der Waals surface area contributed by atoms with Crippen LogP contribution >= 0.6 is 0 Å². The van der Waals surface area contributed by atoms with Crippen molar-refractivity contribution in [2.75, 3.05) is 39.3 Å². The summed E-state index contributed by atoms with van der Waals surface area (Å²) in [5, 5.41) is 19.6. The first-order valence-electron chi connectivity index (χ1n) is 10.7. The molecule has 0 amide bonds.